The number of aromatic nitrogens is 4. The number of fused-ring (bicyclic) bond motifs is 3. The van der Waals surface area contributed by atoms with E-state index < -0.39 is 0 Å². The minimum absolute atomic E-state index is 0.201. The second-order valence-corrected chi connectivity index (χ2v) is 6.10. The maximum absolute atomic E-state index is 12.7. The zero-order valence-corrected chi connectivity index (χ0v) is 13.6. The largest absolute Gasteiger partial charge is 0.334 e. The van der Waals surface area contributed by atoms with Crippen molar-refractivity contribution >= 4 is 11.6 Å². The first-order valence-electron chi connectivity index (χ1n) is 7.82. The smallest absolute Gasteiger partial charge is 0.263 e. The van der Waals surface area contributed by atoms with Gasteiger partial charge in [0.05, 0.1) is 11.4 Å². The first kappa shape index (κ1) is 14.6. The molecule has 0 unspecified atom stereocenters. The van der Waals surface area contributed by atoms with Crippen LogP contribution in [0.4, 0.5) is 0 Å². The van der Waals surface area contributed by atoms with Gasteiger partial charge in [-0.1, -0.05) is 0 Å². The van der Waals surface area contributed by atoms with Gasteiger partial charge in [0.25, 0.3) is 11.5 Å². The zero-order valence-electron chi connectivity index (χ0n) is 13.6. The Morgan fingerprint density at radius 3 is 3.00 bits per heavy atom. The third kappa shape index (κ3) is 2.20. The highest BCUT2D eigenvalue weighted by molar-refractivity contribution is 5.94. The molecule has 122 valence electrons. The van der Waals surface area contributed by atoms with E-state index in [1.165, 1.54) is 4.57 Å². The summed E-state index contributed by atoms with van der Waals surface area (Å²) >= 11 is 0. The van der Waals surface area contributed by atoms with Gasteiger partial charge in [-0.15, -0.1) is 0 Å². The van der Waals surface area contributed by atoms with Gasteiger partial charge in [-0.2, -0.15) is 5.10 Å². The third-order valence-electron chi connectivity index (χ3n) is 4.41. The van der Waals surface area contributed by atoms with E-state index in [0.717, 1.165) is 22.6 Å². The lowest BCUT2D eigenvalue weighted by molar-refractivity contribution is 0.0730. The second kappa shape index (κ2) is 5.30. The maximum atomic E-state index is 12.7. The lowest BCUT2D eigenvalue weighted by Gasteiger charge is -2.28. The van der Waals surface area contributed by atoms with E-state index in [4.69, 9.17) is 0 Å². The third-order valence-corrected chi connectivity index (χ3v) is 4.41. The number of aryl methyl sites for hydroxylation is 2. The lowest BCUT2D eigenvalue weighted by Crippen LogP contribution is -2.40. The van der Waals surface area contributed by atoms with E-state index in [9.17, 15) is 9.59 Å². The molecule has 0 atom stereocenters. The van der Waals surface area contributed by atoms with Crippen LogP contribution < -0.4 is 5.56 Å². The van der Waals surface area contributed by atoms with Crippen molar-refractivity contribution in [1.82, 2.24) is 24.1 Å². The van der Waals surface area contributed by atoms with Crippen molar-refractivity contribution in [3.8, 4) is 0 Å². The van der Waals surface area contributed by atoms with Crippen LogP contribution in [-0.2, 0) is 20.0 Å². The van der Waals surface area contributed by atoms with Gasteiger partial charge in [-0.3, -0.25) is 9.59 Å². The van der Waals surface area contributed by atoms with Crippen molar-refractivity contribution in [3.05, 3.63) is 63.5 Å². The van der Waals surface area contributed by atoms with Gasteiger partial charge < -0.3 is 9.47 Å². The van der Waals surface area contributed by atoms with Gasteiger partial charge in [-0.05, 0) is 19.1 Å². The van der Waals surface area contributed by atoms with Crippen LogP contribution in [-0.4, -0.2) is 36.5 Å². The minimum Gasteiger partial charge on any atom is -0.334 e. The maximum Gasteiger partial charge on any atom is 0.263 e. The Morgan fingerprint density at radius 2 is 2.17 bits per heavy atom. The van der Waals surface area contributed by atoms with Crippen molar-refractivity contribution in [2.45, 2.75) is 19.9 Å². The molecule has 3 aromatic heterocycles. The van der Waals surface area contributed by atoms with Crippen molar-refractivity contribution in [1.29, 1.82) is 0 Å². The summed E-state index contributed by atoms with van der Waals surface area (Å²) in [5, 5.41) is 4.48. The summed E-state index contributed by atoms with van der Waals surface area (Å²) in [6, 6.07) is 5.23. The fourth-order valence-electron chi connectivity index (χ4n) is 3.16. The van der Waals surface area contributed by atoms with E-state index in [2.05, 4.69) is 10.1 Å². The molecule has 0 aromatic carbocycles. The van der Waals surface area contributed by atoms with Crippen molar-refractivity contribution < 1.29 is 4.79 Å². The molecule has 0 N–H and O–H groups in total. The van der Waals surface area contributed by atoms with Gasteiger partial charge in [-0.25, -0.2) is 9.50 Å². The lowest BCUT2D eigenvalue weighted by atomic mass is 10.1. The molecule has 1 amide bonds. The Bertz CT molecular complexity index is 1020. The minimum atomic E-state index is -0.274. The quantitative estimate of drug-likeness (QED) is 0.668. The molecule has 0 saturated heterocycles. The van der Waals surface area contributed by atoms with Gasteiger partial charge in [0.15, 0.2) is 5.65 Å². The van der Waals surface area contributed by atoms with E-state index in [1.807, 2.05) is 17.5 Å². The predicted octanol–water partition coefficient (Wildman–Crippen LogP) is 0.935. The first-order chi connectivity index (χ1) is 11.5. The fourth-order valence-corrected chi connectivity index (χ4v) is 3.16. The van der Waals surface area contributed by atoms with Crippen LogP contribution in [0, 0.1) is 6.92 Å². The Morgan fingerprint density at radius 1 is 1.33 bits per heavy atom. The first-order valence-corrected chi connectivity index (χ1v) is 7.82. The van der Waals surface area contributed by atoms with Crippen molar-refractivity contribution in [2.75, 3.05) is 6.54 Å². The highest BCUT2D eigenvalue weighted by atomic mass is 16.2. The number of nitrogens with zero attached hydrogens (tertiary/aromatic N) is 5. The summed E-state index contributed by atoms with van der Waals surface area (Å²) in [5.74, 6) is -0.237. The Hall–Kier alpha value is -2.96. The van der Waals surface area contributed by atoms with Crippen LogP contribution >= 0.6 is 0 Å². The number of carbonyl (C=O) groups excluding carboxylic acids is 1. The van der Waals surface area contributed by atoms with Crippen molar-refractivity contribution in [3.63, 3.8) is 0 Å². The van der Waals surface area contributed by atoms with Crippen LogP contribution in [0.3, 0.4) is 0 Å². The molecule has 0 radical (unpaired) electrons. The highest BCUT2D eigenvalue weighted by Gasteiger charge is 2.25. The SMILES string of the molecule is Cc1cc2ncc3c(n2n1)CCN(C(=O)c1cccn(C)c1=O)C3. The summed E-state index contributed by atoms with van der Waals surface area (Å²) in [5.41, 5.74) is 3.72. The Kier molecular flexibility index (Phi) is 3.23. The molecular formula is C17H17N5O2. The van der Waals surface area contributed by atoms with Gasteiger partial charge >= 0.3 is 0 Å². The normalized spacial score (nSPS) is 14.0. The number of rotatable bonds is 1. The number of hydrogen-bond acceptors (Lipinski definition) is 4. The second-order valence-electron chi connectivity index (χ2n) is 6.10. The summed E-state index contributed by atoms with van der Waals surface area (Å²) < 4.78 is 3.27. The molecule has 0 saturated carbocycles. The summed E-state index contributed by atoms with van der Waals surface area (Å²) in [6.07, 6.45) is 4.13. The number of hydrogen-bond donors (Lipinski definition) is 0. The molecule has 4 rings (SSSR count). The standard InChI is InChI=1S/C17H17N5O2/c1-11-8-15-18-9-12-10-21(7-5-14(12)22(15)19-11)17(24)13-4-3-6-20(2)16(13)23/h3-4,6,8-9H,5,7,10H2,1-2H3. The number of carbonyl (C=O) groups is 1. The molecule has 7 nitrogen and oxygen atoms in total. The summed E-state index contributed by atoms with van der Waals surface area (Å²) in [7, 11) is 1.64. The molecule has 1 aliphatic heterocycles. The van der Waals surface area contributed by atoms with Crippen LogP contribution in [0.5, 0.6) is 0 Å². The molecule has 4 heterocycles. The van der Waals surface area contributed by atoms with E-state index in [-0.39, 0.29) is 17.0 Å². The van der Waals surface area contributed by atoms with Crippen LogP contribution in [0.1, 0.15) is 27.3 Å². The summed E-state index contributed by atoms with van der Waals surface area (Å²) in [6.45, 7) is 2.93. The highest BCUT2D eigenvalue weighted by Crippen LogP contribution is 2.20. The van der Waals surface area contributed by atoms with Gasteiger partial charge in [0.1, 0.15) is 5.56 Å². The Balaban J connectivity index is 1.69. The van der Waals surface area contributed by atoms with Crippen molar-refractivity contribution in [2.24, 2.45) is 7.05 Å². The number of amides is 1. The molecule has 0 bridgehead atoms. The molecule has 24 heavy (non-hydrogen) atoms. The van der Waals surface area contributed by atoms with Gasteiger partial charge in [0, 0.05) is 50.6 Å². The molecular weight excluding hydrogens is 306 g/mol. The molecule has 0 aliphatic carbocycles. The monoisotopic (exact) mass is 323 g/mol. The fraction of sp³-hybridized carbons (Fsp3) is 0.294. The van der Waals surface area contributed by atoms with Crippen LogP contribution in [0.25, 0.3) is 5.65 Å². The van der Waals surface area contributed by atoms with E-state index in [0.29, 0.717) is 19.5 Å². The topological polar surface area (TPSA) is 72.5 Å². The number of pyridine rings is 1. The summed E-state index contributed by atoms with van der Waals surface area (Å²) in [4.78, 5) is 31.0. The van der Waals surface area contributed by atoms with E-state index >= 15 is 0 Å². The Labute approximate surface area is 138 Å². The van der Waals surface area contributed by atoms with Crippen LogP contribution in [0.2, 0.25) is 0 Å². The van der Waals surface area contributed by atoms with Crippen LogP contribution in [0.15, 0.2) is 35.4 Å². The molecule has 7 heteroatoms. The molecule has 0 spiro atoms. The molecule has 3 aromatic rings. The average molecular weight is 323 g/mol. The molecule has 0 fully saturated rings. The molecule has 1 aliphatic rings. The van der Waals surface area contributed by atoms with E-state index in [1.54, 1.807) is 36.5 Å². The predicted molar refractivity (Wildman–Crippen MR) is 87.9 cm³/mol. The van der Waals surface area contributed by atoms with Gasteiger partial charge in [0.2, 0.25) is 0 Å². The average Bonchev–Trinajstić information content (AvgIpc) is 2.97. The zero-order chi connectivity index (χ0) is 16.8.